The van der Waals surface area contributed by atoms with Crippen LogP contribution in [0, 0.1) is 17.8 Å². The van der Waals surface area contributed by atoms with Crippen LogP contribution in [0.2, 0.25) is 0 Å². The molecule has 2 atom stereocenters. The van der Waals surface area contributed by atoms with Gasteiger partial charge in [-0.2, -0.15) is 0 Å². The molecule has 0 radical (unpaired) electrons. The molecule has 2 rings (SSSR count). The van der Waals surface area contributed by atoms with Gasteiger partial charge in [-0.25, -0.2) is 0 Å². The van der Waals surface area contributed by atoms with E-state index in [1.54, 1.807) is 6.92 Å². The largest absolute Gasteiger partial charge is 0.342 e. The van der Waals surface area contributed by atoms with E-state index in [9.17, 15) is 4.79 Å². The quantitative estimate of drug-likeness (QED) is 0.746. The van der Waals surface area contributed by atoms with E-state index in [1.807, 2.05) is 4.90 Å². The fourth-order valence-electron chi connectivity index (χ4n) is 3.25. The molecule has 0 saturated carbocycles. The van der Waals surface area contributed by atoms with Crippen LogP contribution in [0.1, 0.15) is 33.6 Å². The van der Waals surface area contributed by atoms with Gasteiger partial charge in [0.1, 0.15) is 0 Å². The summed E-state index contributed by atoms with van der Waals surface area (Å²) in [6, 6.07) is 0. The minimum Gasteiger partial charge on any atom is -0.342 e. The minimum absolute atomic E-state index is 0.255. The smallest absolute Gasteiger partial charge is 0.219 e. The van der Waals surface area contributed by atoms with E-state index in [0.29, 0.717) is 0 Å². The lowest BCUT2D eigenvalue weighted by Gasteiger charge is -2.20. The average Bonchev–Trinajstić information content (AvgIpc) is 2.73. The van der Waals surface area contributed by atoms with Crippen LogP contribution in [0.15, 0.2) is 0 Å². The summed E-state index contributed by atoms with van der Waals surface area (Å²) in [7, 11) is 0. The topological polar surface area (TPSA) is 23.6 Å². The van der Waals surface area contributed by atoms with E-state index in [1.165, 1.54) is 32.5 Å². The molecule has 0 N–H and O–H groups in total. The van der Waals surface area contributed by atoms with E-state index < -0.39 is 0 Å². The van der Waals surface area contributed by atoms with E-state index in [2.05, 4.69) is 18.7 Å². The van der Waals surface area contributed by atoms with Crippen LogP contribution in [0.4, 0.5) is 0 Å². The summed E-state index contributed by atoms with van der Waals surface area (Å²) in [6.45, 7) is 12.0. The van der Waals surface area contributed by atoms with Gasteiger partial charge < -0.3 is 9.80 Å². The highest BCUT2D eigenvalue weighted by atomic mass is 16.2. The van der Waals surface area contributed by atoms with Crippen molar-refractivity contribution in [1.29, 1.82) is 0 Å². The standard InChI is InChI=1S/C14H26N2O/c1-11(2)5-4-6-15-7-13-9-16(12(3)17)10-14(13)8-15/h11,13-14H,4-10H2,1-3H3. The molecule has 0 aromatic carbocycles. The van der Waals surface area contributed by atoms with Gasteiger partial charge in [-0.1, -0.05) is 13.8 Å². The molecule has 2 fully saturated rings. The highest BCUT2D eigenvalue weighted by Gasteiger charge is 2.40. The minimum atomic E-state index is 0.255. The monoisotopic (exact) mass is 238 g/mol. The van der Waals surface area contributed by atoms with Crippen molar-refractivity contribution >= 4 is 5.91 Å². The summed E-state index contributed by atoms with van der Waals surface area (Å²) in [4.78, 5) is 16.0. The van der Waals surface area contributed by atoms with Crippen molar-refractivity contribution in [3.8, 4) is 0 Å². The fourth-order valence-corrected chi connectivity index (χ4v) is 3.25. The summed E-state index contributed by atoms with van der Waals surface area (Å²) in [5.74, 6) is 2.58. The first-order chi connectivity index (χ1) is 8.06. The number of hydrogen-bond acceptors (Lipinski definition) is 2. The van der Waals surface area contributed by atoms with Crippen molar-refractivity contribution in [3.63, 3.8) is 0 Å². The first-order valence-corrected chi connectivity index (χ1v) is 7.04. The van der Waals surface area contributed by atoms with Gasteiger partial charge >= 0.3 is 0 Å². The van der Waals surface area contributed by atoms with Gasteiger partial charge in [-0.05, 0) is 37.1 Å². The lowest BCUT2D eigenvalue weighted by atomic mass is 10.0. The van der Waals surface area contributed by atoms with Gasteiger partial charge in [0, 0.05) is 33.1 Å². The SMILES string of the molecule is CC(=O)N1CC2CN(CCCC(C)C)CC2C1. The Hall–Kier alpha value is -0.570. The first kappa shape index (κ1) is 12.9. The fraction of sp³-hybridized carbons (Fsp3) is 0.929. The van der Waals surface area contributed by atoms with Crippen LogP contribution in [0.3, 0.4) is 0 Å². The number of carbonyl (C=O) groups is 1. The predicted octanol–water partition coefficient (Wildman–Crippen LogP) is 1.83. The normalized spacial score (nSPS) is 29.1. The van der Waals surface area contributed by atoms with Gasteiger partial charge in [0.05, 0.1) is 0 Å². The van der Waals surface area contributed by atoms with Gasteiger partial charge in [0.2, 0.25) is 5.91 Å². The Morgan fingerprint density at radius 3 is 2.24 bits per heavy atom. The molecule has 0 spiro atoms. The zero-order valence-electron chi connectivity index (χ0n) is 11.5. The molecule has 0 aliphatic carbocycles. The van der Waals surface area contributed by atoms with Crippen LogP contribution < -0.4 is 0 Å². The Balaban J connectivity index is 1.71. The maximum absolute atomic E-state index is 11.3. The van der Waals surface area contributed by atoms with Crippen molar-refractivity contribution < 1.29 is 4.79 Å². The molecule has 2 unspecified atom stereocenters. The Morgan fingerprint density at radius 1 is 1.18 bits per heavy atom. The van der Waals surface area contributed by atoms with Crippen LogP contribution in [0.5, 0.6) is 0 Å². The lowest BCUT2D eigenvalue weighted by molar-refractivity contribution is -0.128. The van der Waals surface area contributed by atoms with E-state index in [0.717, 1.165) is 30.8 Å². The van der Waals surface area contributed by atoms with E-state index >= 15 is 0 Å². The number of amides is 1. The number of rotatable bonds is 4. The van der Waals surface area contributed by atoms with Crippen LogP contribution in [-0.2, 0) is 4.79 Å². The lowest BCUT2D eigenvalue weighted by Crippen LogP contribution is -2.32. The van der Waals surface area contributed by atoms with Crippen molar-refractivity contribution in [2.75, 3.05) is 32.7 Å². The molecule has 0 bridgehead atoms. The Labute approximate surface area is 105 Å². The van der Waals surface area contributed by atoms with Crippen LogP contribution in [-0.4, -0.2) is 48.4 Å². The highest BCUT2D eigenvalue weighted by Crippen LogP contribution is 2.31. The molecule has 17 heavy (non-hydrogen) atoms. The second kappa shape index (κ2) is 5.38. The summed E-state index contributed by atoms with van der Waals surface area (Å²) in [6.07, 6.45) is 2.67. The number of carbonyl (C=O) groups excluding carboxylic acids is 1. The predicted molar refractivity (Wildman–Crippen MR) is 69.7 cm³/mol. The molecule has 2 saturated heterocycles. The Kier molecular flexibility index (Phi) is 4.08. The van der Waals surface area contributed by atoms with Crippen molar-refractivity contribution in [2.24, 2.45) is 17.8 Å². The maximum atomic E-state index is 11.3. The second-order valence-electron chi connectivity index (χ2n) is 6.24. The third kappa shape index (κ3) is 3.21. The zero-order valence-corrected chi connectivity index (χ0v) is 11.5. The van der Waals surface area contributed by atoms with Gasteiger partial charge in [0.15, 0.2) is 0 Å². The van der Waals surface area contributed by atoms with Gasteiger partial charge in [0.25, 0.3) is 0 Å². The molecule has 2 aliphatic rings. The van der Waals surface area contributed by atoms with Crippen molar-refractivity contribution in [3.05, 3.63) is 0 Å². The van der Waals surface area contributed by atoms with Gasteiger partial charge in [-0.15, -0.1) is 0 Å². The zero-order chi connectivity index (χ0) is 12.4. The Bertz CT molecular complexity index is 263. The molecule has 2 aliphatic heterocycles. The second-order valence-corrected chi connectivity index (χ2v) is 6.24. The van der Waals surface area contributed by atoms with Crippen LogP contribution >= 0.6 is 0 Å². The molecule has 2 heterocycles. The summed E-state index contributed by atoms with van der Waals surface area (Å²) >= 11 is 0. The maximum Gasteiger partial charge on any atom is 0.219 e. The summed E-state index contributed by atoms with van der Waals surface area (Å²) < 4.78 is 0. The molecule has 3 heteroatoms. The van der Waals surface area contributed by atoms with Crippen LogP contribution in [0.25, 0.3) is 0 Å². The molecular weight excluding hydrogens is 212 g/mol. The van der Waals surface area contributed by atoms with Gasteiger partial charge in [-0.3, -0.25) is 4.79 Å². The average molecular weight is 238 g/mol. The third-order valence-electron chi connectivity index (χ3n) is 4.26. The third-order valence-corrected chi connectivity index (χ3v) is 4.26. The number of hydrogen-bond donors (Lipinski definition) is 0. The van der Waals surface area contributed by atoms with Crippen molar-refractivity contribution in [2.45, 2.75) is 33.6 Å². The summed E-state index contributed by atoms with van der Waals surface area (Å²) in [5.41, 5.74) is 0. The molecule has 3 nitrogen and oxygen atoms in total. The van der Waals surface area contributed by atoms with E-state index in [4.69, 9.17) is 0 Å². The number of likely N-dealkylation sites (tertiary alicyclic amines) is 2. The molecule has 0 aromatic heterocycles. The first-order valence-electron chi connectivity index (χ1n) is 7.04. The molecule has 1 amide bonds. The Morgan fingerprint density at radius 2 is 1.76 bits per heavy atom. The number of fused-ring (bicyclic) bond motifs is 1. The molecular formula is C14H26N2O. The molecule has 98 valence electrons. The summed E-state index contributed by atoms with van der Waals surface area (Å²) in [5, 5.41) is 0. The number of nitrogens with zero attached hydrogens (tertiary/aromatic N) is 2. The van der Waals surface area contributed by atoms with Crippen molar-refractivity contribution in [1.82, 2.24) is 9.80 Å². The highest BCUT2D eigenvalue weighted by molar-refractivity contribution is 5.73. The molecule has 0 aromatic rings. The van der Waals surface area contributed by atoms with E-state index in [-0.39, 0.29) is 5.91 Å².